The number of nitrogens with zero attached hydrogens (tertiary/aromatic N) is 2. The fourth-order valence-electron chi connectivity index (χ4n) is 3.70. The van der Waals surface area contributed by atoms with Crippen LogP contribution in [0.4, 0.5) is 5.69 Å². The molecule has 1 aliphatic rings. The van der Waals surface area contributed by atoms with Crippen LogP contribution in [-0.4, -0.2) is 17.7 Å². The Balaban J connectivity index is 1.61. The van der Waals surface area contributed by atoms with Crippen molar-refractivity contribution in [2.24, 2.45) is 0 Å². The zero-order chi connectivity index (χ0) is 17.9. The Bertz CT molecular complexity index is 866. The van der Waals surface area contributed by atoms with Crippen LogP contribution < -0.4 is 4.90 Å². The summed E-state index contributed by atoms with van der Waals surface area (Å²) in [6.07, 6.45) is 6.43. The van der Waals surface area contributed by atoms with Crippen LogP contribution in [-0.2, 0) is 17.6 Å². The van der Waals surface area contributed by atoms with Crippen molar-refractivity contribution in [1.82, 2.24) is 4.57 Å². The quantitative estimate of drug-likeness (QED) is 0.636. The van der Waals surface area contributed by atoms with Crippen molar-refractivity contribution >= 4 is 5.69 Å². The molecule has 0 radical (unpaired) electrons. The average Bonchev–Trinajstić information content (AvgIpc) is 3.37. The molecule has 0 amide bonds. The van der Waals surface area contributed by atoms with Gasteiger partial charge in [-0.2, -0.15) is 0 Å². The minimum Gasteiger partial charge on any atom is -0.352 e. The summed E-state index contributed by atoms with van der Waals surface area (Å²) in [5, 5.41) is 0. The zero-order valence-electron chi connectivity index (χ0n) is 15.6. The predicted octanol–water partition coefficient (Wildman–Crippen LogP) is 5.14. The number of hydrogen-bond donors (Lipinski definition) is 0. The Labute approximate surface area is 155 Å². The Kier molecular flexibility index (Phi) is 4.81. The van der Waals surface area contributed by atoms with Crippen molar-refractivity contribution in [2.75, 3.05) is 18.1 Å². The molecule has 0 aliphatic carbocycles. The Morgan fingerprint density at radius 3 is 2.54 bits per heavy atom. The molecule has 0 bridgehead atoms. The summed E-state index contributed by atoms with van der Waals surface area (Å²) in [7, 11) is 0. The molecule has 1 aliphatic heterocycles. The standard InChI is InChI=1S/C23H26N2O/c1-3-18-9-11-21(12-10-18)25-15-16-26-23(25)20-13-14-24(17-20)22-8-6-5-7-19(22)4-2/h5-14,17,23H,3-4,15-16H2,1-2H3/t23-/m0/s1. The lowest BCUT2D eigenvalue weighted by Crippen LogP contribution is -2.22. The molecular formula is C23H26N2O. The lowest BCUT2D eigenvalue weighted by atomic mass is 10.1. The molecule has 0 N–H and O–H groups in total. The van der Waals surface area contributed by atoms with Crippen molar-refractivity contribution in [1.29, 1.82) is 0 Å². The summed E-state index contributed by atoms with van der Waals surface area (Å²) < 4.78 is 8.30. The molecule has 3 nitrogen and oxygen atoms in total. The maximum Gasteiger partial charge on any atom is 0.158 e. The molecular weight excluding hydrogens is 320 g/mol. The second kappa shape index (κ2) is 7.38. The van der Waals surface area contributed by atoms with Gasteiger partial charge in [-0.05, 0) is 48.2 Å². The topological polar surface area (TPSA) is 17.4 Å². The van der Waals surface area contributed by atoms with Crippen LogP contribution in [0.5, 0.6) is 0 Å². The van der Waals surface area contributed by atoms with E-state index >= 15 is 0 Å². The monoisotopic (exact) mass is 346 g/mol. The van der Waals surface area contributed by atoms with Gasteiger partial charge in [-0.1, -0.05) is 44.2 Å². The summed E-state index contributed by atoms with van der Waals surface area (Å²) in [4.78, 5) is 2.35. The summed E-state index contributed by atoms with van der Waals surface area (Å²) in [5.74, 6) is 0. The number of benzene rings is 2. The first-order valence-corrected chi connectivity index (χ1v) is 9.53. The average molecular weight is 346 g/mol. The zero-order valence-corrected chi connectivity index (χ0v) is 15.6. The molecule has 134 valence electrons. The van der Waals surface area contributed by atoms with E-state index in [1.165, 1.54) is 28.1 Å². The van der Waals surface area contributed by atoms with E-state index in [0.29, 0.717) is 0 Å². The highest BCUT2D eigenvalue weighted by atomic mass is 16.5. The first kappa shape index (κ1) is 16.9. The maximum atomic E-state index is 6.08. The van der Waals surface area contributed by atoms with E-state index in [1.807, 2.05) is 0 Å². The summed E-state index contributed by atoms with van der Waals surface area (Å²) in [6, 6.07) is 19.6. The van der Waals surface area contributed by atoms with E-state index in [2.05, 4.69) is 90.3 Å². The van der Waals surface area contributed by atoms with Gasteiger partial charge in [0, 0.05) is 35.9 Å². The van der Waals surface area contributed by atoms with Crippen molar-refractivity contribution in [3.63, 3.8) is 0 Å². The van der Waals surface area contributed by atoms with E-state index in [1.54, 1.807) is 0 Å². The largest absolute Gasteiger partial charge is 0.352 e. The molecule has 1 atom stereocenters. The van der Waals surface area contributed by atoms with Crippen molar-refractivity contribution < 1.29 is 4.74 Å². The number of para-hydroxylation sites is 1. The van der Waals surface area contributed by atoms with E-state index in [9.17, 15) is 0 Å². The highest BCUT2D eigenvalue weighted by molar-refractivity contribution is 5.51. The van der Waals surface area contributed by atoms with Crippen LogP contribution in [0.1, 0.15) is 36.8 Å². The number of ether oxygens (including phenoxy) is 1. The van der Waals surface area contributed by atoms with Gasteiger partial charge in [-0.3, -0.25) is 0 Å². The Morgan fingerprint density at radius 2 is 1.77 bits per heavy atom. The summed E-state index contributed by atoms with van der Waals surface area (Å²) >= 11 is 0. The van der Waals surface area contributed by atoms with Crippen molar-refractivity contribution in [3.05, 3.63) is 83.7 Å². The minimum atomic E-state index is -0.0162. The first-order valence-electron chi connectivity index (χ1n) is 9.53. The highest BCUT2D eigenvalue weighted by Crippen LogP contribution is 2.33. The second-order valence-electron chi connectivity index (χ2n) is 6.77. The van der Waals surface area contributed by atoms with Gasteiger partial charge in [0.1, 0.15) is 0 Å². The van der Waals surface area contributed by atoms with E-state index in [-0.39, 0.29) is 6.23 Å². The molecule has 4 rings (SSSR count). The van der Waals surface area contributed by atoms with Gasteiger partial charge in [-0.15, -0.1) is 0 Å². The third-order valence-electron chi connectivity index (χ3n) is 5.22. The molecule has 3 heteroatoms. The summed E-state index contributed by atoms with van der Waals surface area (Å²) in [6.45, 7) is 6.07. The molecule has 0 unspecified atom stereocenters. The first-order chi connectivity index (χ1) is 12.8. The molecule has 2 aromatic carbocycles. The number of rotatable bonds is 5. The SMILES string of the molecule is CCc1ccc(N2CCO[C@H]2c2ccn(-c3ccccc3CC)c2)cc1. The number of aromatic nitrogens is 1. The molecule has 1 aromatic heterocycles. The molecule has 0 spiro atoms. The van der Waals surface area contributed by atoms with E-state index < -0.39 is 0 Å². The molecule has 1 saturated heterocycles. The van der Waals surface area contributed by atoms with Crippen LogP contribution in [0.3, 0.4) is 0 Å². The lowest BCUT2D eigenvalue weighted by Gasteiger charge is -2.24. The molecule has 26 heavy (non-hydrogen) atoms. The van der Waals surface area contributed by atoms with E-state index in [4.69, 9.17) is 4.74 Å². The third-order valence-corrected chi connectivity index (χ3v) is 5.22. The van der Waals surface area contributed by atoms with Gasteiger partial charge >= 0.3 is 0 Å². The fraction of sp³-hybridized carbons (Fsp3) is 0.304. The van der Waals surface area contributed by atoms with E-state index in [0.717, 1.165) is 26.0 Å². The highest BCUT2D eigenvalue weighted by Gasteiger charge is 2.28. The van der Waals surface area contributed by atoms with Gasteiger partial charge in [0.25, 0.3) is 0 Å². The normalized spacial score (nSPS) is 17.0. The Hall–Kier alpha value is -2.52. The van der Waals surface area contributed by atoms with Crippen molar-refractivity contribution in [2.45, 2.75) is 32.9 Å². The molecule has 1 fully saturated rings. The number of hydrogen-bond acceptors (Lipinski definition) is 2. The minimum absolute atomic E-state index is 0.0162. The third kappa shape index (κ3) is 3.15. The lowest BCUT2D eigenvalue weighted by molar-refractivity contribution is 0.114. The molecule has 3 aromatic rings. The Morgan fingerprint density at radius 1 is 0.962 bits per heavy atom. The second-order valence-corrected chi connectivity index (χ2v) is 6.77. The van der Waals surface area contributed by atoms with Gasteiger partial charge in [0.2, 0.25) is 0 Å². The smallest absolute Gasteiger partial charge is 0.158 e. The van der Waals surface area contributed by atoms with Crippen LogP contribution in [0, 0.1) is 0 Å². The van der Waals surface area contributed by atoms with Crippen molar-refractivity contribution in [3.8, 4) is 5.69 Å². The molecule has 2 heterocycles. The van der Waals surface area contributed by atoms with Crippen LogP contribution in [0.15, 0.2) is 67.0 Å². The number of aryl methyl sites for hydroxylation is 2. The summed E-state index contributed by atoms with van der Waals surface area (Å²) in [5.41, 5.74) is 6.40. The molecule has 0 saturated carbocycles. The van der Waals surface area contributed by atoms with Gasteiger partial charge in [0.15, 0.2) is 6.23 Å². The number of anilines is 1. The predicted molar refractivity (Wildman–Crippen MR) is 107 cm³/mol. The van der Waals surface area contributed by atoms with Crippen LogP contribution in [0.2, 0.25) is 0 Å². The van der Waals surface area contributed by atoms with Gasteiger partial charge in [0.05, 0.1) is 6.61 Å². The van der Waals surface area contributed by atoms with Crippen LogP contribution >= 0.6 is 0 Å². The van der Waals surface area contributed by atoms with Gasteiger partial charge in [-0.25, -0.2) is 0 Å². The van der Waals surface area contributed by atoms with Crippen LogP contribution in [0.25, 0.3) is 5.69 Å². The van der Waals surface area contributed by atoms with Gasteiger partial charge < -0.3 is 14.2 Å². The fourth-order valence-corrected chi connectivity index (χ4v) is 3.70. The maximum absolute atomic E-state index is 6.08.